The number of piperidine rings is 2. The normalized spacial score (nSPS) is 20.6. The largest absolute Gasteiger partial charge is 0.444 e. The molecule has 2 aliphatic heterocycles. The third-order valence-corrected chi connectivity index (χ3v) is 7.78. The highest BCUT2D eigenvalue weighted by molar-refractivity contribution is 5.84. The summed E-state index contributed by atoms with van der Waals surface area (Å²) in [5, 5.41) is 9.72. The highest BCUT2D eigenvalue weighted by Gasteiger charge is 2.34. The molecule has 3 aliphatic rings. The third-order valence-electron chi connectivity index (χ3n) is 7.78. The average Bonchev–Trinajstić information content (AvgIpc) is 3.46. The van der Waals surface area contributed by atoms with Gasteiger partial charge in [0, 0.05) is 36.4 Å². The van der Waals surface area contributed by atoms with E-state index in [0.29, 0.717) is 29.3 Å². The minimum Gasteiger partial charge on any atom is -0.444 e. The van der Waals surface area contributed by atoms with E-state index in [4.69, 9.17) is 14.4 Å². The number of hydrogen-bond acceptors (Lipinski definition) is 7. The summed E-state index contributed by atoms with van der Waals surface area (Å²) >= 11 is 0. The summed E-state index contributed by atoms with van der Waals surface area (Å²) in [6, 6.07) is 5.57. The number of aromatic nitrogens is 4. The van der Waals surface area contributed by atoms with Crippen LogP contribution in [0.3, 0.4) is 0 Å². The van der Waals surface area contributed by atoms with Crippen molar-refractivity contribution in [3.63, 3.8) is 0 Å². The zero-order valence-electron chi connectivity index (χ0n) is 21.8. The molecule has 0 spiro atoms. The Bertz CT molecular complexity index is 1280. The lowest BCUT2D eigenvalue weighted by Crippen LogP contribution is -2.49. The van der Waals surface area contributed by atoms with Crippen LogP contribution >= 0.6 is 0 Å². The summed E-state index contributed by atoms with van der Waals surface area (Å²) in [5.74, 6) is 1.14. The topological polar surface area (TPSA) is 89.5 Å². The second-order valence-corrected chi connectivity index (χ2v) is 11.6. The van der Waals surface area contributed by atoms with Crippen molar-refractivity contribution in [2.45, 2.75) is 82.8 Å². The van der Waals surface area contributed by atoms with Gasteiger partial charge in [0.25, 0.3) is 5.95 Å². The van der Waals surface area contributed by atoms with E-state index in [0.717, 1.165) is 75.8 Å². The van der Waals surface area contributed by atoms with Crippen LogP contribution in [0.15, 0.2) is 22.7 Å². The molecule has 3 fully saturated rings. The van der Waals surface area contributed by atoms with Crippen LogP contribution in [0.5, 0.6) is 0 Å². The van der Waals surface area contributed by atoms with Crippen LogP contribution in [0, 0.1) is 5.82 Å². The molecule has 1 amide bonds. The van der Waals surface area contributed by atoms with Crippen molar-refractivity contribution in [3.05, 3.63) is 35.6 Å². The number of likely N-dealkylation sites (tertiary alicyclic amines) is 2. The summed E-state index contributed by atoms with van der Waals surface area (Å²) < 4.78 is 27.5. The molecule has 0 radical (unpaired) electrons. The van der Waals surface area contributed by atoms with Crippen LogP contribution in [0.25, 0.3) is 16.9 Å². The van der Waals surface area contributed by atoms with Gasteiger partial charge < -0.3 is 19.1 Å². The van der Waals surface area contributed by atoms with Gasteiger partial charge in [-0.2, -0.15) is 14.8 Å². The first-order valence-electron chi connectivity index (χ1n) is 13.5. The van der Waals surface area contributed by atoms with E-state index in [1.165, 1.54) is 10.7 Å². The molecule has 10 heteroatoms. The number of nitrogens with zero attached hydrogens (tertiary/aromatic N) is 6. The fourth-order valence-corrected chi connectivity index (χ4v) is 5.68. The first kappa shape index (κ1) is 24.3. The molecule has 3 aromatic rings. The average molecular weight is 511 g/mol. The van der Waals surface area contributed by atoms with Crippen LogP contribution in [-0.2, 0) is 4.74 Å². The molecule has 1 aliphatic carbocycles. The summed E-state index contributed by atoms with van der Waals surface area (Å²) in [5.41, 5.74) is 0.874. The van der Waals surface area contributed by atoms with E-state index < -0.39 is 5.60 Å². The van der Waals surface area contributed by atoms with Crippen molar-refractivity contribution in [2.24, 2.45) is 0 Å². The van der Waals surface area contributed by atoms with Gasteiger partial charge in [-0.3, -0.25) is 0 Å². The molecule has 4 heterocycles. The van der Waals surface area contributed by atoms with Crippen LogP contribution in [0.4, 0.5) is 9.18 Å². The number of para-hydroxylation sites is 1. The number of halogens is 1. The monoisotopic (exact) mass is 510 g/mol. The van der Waals surface area contributed by atoms with Gasteiger partial charge in [-0.1, -0.05) is 12.1 Å². The maximum Gasteiger partial charge on any atom is 0.410 e. The van der Waals surface area contributed by atoms with E-state index in [-0.39, 0.29) is 17.8 Å². The van der Waals surface area contributed by atoms with Gasteiger partial charge in [0.1, 0.15) is 16.9 Å². The number of rotatable bonds is 4. The number of carbonyl (C=O) groups excluding carboxylic acids is 1. The summed E-state index contributed by atoms with van der Waals surface area (Å²) in [7, 11) is 0. The Morgan fingerprint density at radius 3 is 2.43 bits per heavy atom. The Labute approximate surface area is 215 Å². The third kappa shape index (κ3) is 4.95. The lowest BCUT2D eigenvalue weighted by atomic mass is 9.93. The highest BCUT2D eigenvalue weighted by Crippen LogP contribution is 2.43. The van der Waals surface area contributed by atoms with Crippen molar-refractivity contribution in [3.8, 4) is 5.95 Å². The van der Waals surface area contributed by atoms with Crippen molar-refractivity contribution in [1.82, 2.24) is 29.7 Å². The Morgan fingerprint density at radius 2 is 1.76 bits per heavy atom. The molecule has 2 saturated heterocycles. The summed E-state index contributed by atoms with van der Waals surface area (Å²) in [4.78, 5) is 21.4. The van der Waals surface area contributed by atoms with Crippen molar-refractivity contribution >= 4 is 17.0 Å². The second kappa shape index (κ2) is 9.38. The van der Waals surface area contributed by atoms with Gasteiger partial charge in [0.15, 0.2) is 0 Å². The van der Waals surface area contributed by atoms with E-state index in [2.05, 4.69) is 15.0 Å². The maximum atomic E-state index is 14.8. The number of hydrogen-bond donors (Lipinski definition) is 0. The fraction of sp³-hybridized carbons (Fsp3) is 0.630. The van der Waals surface area contributed by atoms with Crippen LogP contribution in [-0.4, -0.2) is 73.6 Å². The molecule has 37 heavy (non-hydrogen) atoms. The van der Waals surface area contributed by atoms with Gasteiger partial charge in [-0.15, -0.1) is 0 Å². The van der Waals surface area contributed by atoms with Crippen LogP contribution in [0.1, 0.15) is 82.7 Å². The quantitative estimate of drug-likeness (QED) is 0.488. The van der Waals surface area contributed by atoms with Crippen LogP contribution in [0.2, 0.25) is 0 Å². The van der Waals surface area contributed by atoms with Gasteiger partial charge >= 0.3 is 6.09 Å². The molecule has 0 bridgehead atoms. The molecule has 6 rings (SSSR count). The van der Waals surface area contributed by atoms with E-state index in [1.807, 2.05) is 31.7 Å². The number of benzene rings is 1. The first-order chi connectivity index (χ1) is 17.8. The Morgan fingerprint density at radius 1 is 1.03 bits per heavy atom. The standard InChI is InChI=1S/C27H35FN6O3/c1-27(2,3)36-26(35)33-15-11-19(12-16-33)32-13-9-18(10-14-32)24-29-25(31-37-24)34-23-20(5-4-6-21(23)28)22(30-34)17-7-8-17/h4-6,17-19H,7-16H2,1-3H3. The van der Waals surface area contributed by atoms with E-state index >= 15 is 0 Å². The maximum absolute atomic E-state index is 14.8. The zero-order valence-corrected chi connectivity index (χ0v) is 21.8. The predicted molar refractivity (Wildman–Crippen MR) is 135 cm³/mol. The van der Waals surface area contributed by atoms with Gasteiger partial charge in [0.05, 0.1) is 5.69 Å². The highest BCUT2D eigenvalue weighted by atomic mass is 19.1. The van der Waals surface area contributed by atoms with E-state index in [1.54, 1.807) is 6.07 Å². The van der Waals surface area contributed by atoms with Gasteiger partial charge in [-0.25, -0.2) is 9.18 Å². The lowest BCUT2D eigenvalue weighted by Gasteiger charge is -2.41. The predicted octanol–water partition coefficient (Wildman–Crippen LogP) is 5.00. The van der Waals surface area contributed by atoms with Gasteiger partial charge in [-0.05, 0) is 83.6 Å². The molecular formula is C27H35FN6O3. The summed E-state index contributed by atoms with van der Waals surface area (Å²) in [6.07, 6.45) is 5.71. The minimum atomic E-state index is -0.470. The smallest absolute Gasteiger partial charge is 0.410 e. The Balaban J connectivity index is 1.08. The molecule has 0 N–H and O–H groups in total. The Kier molecular flexibility index (Phi) is 6.17. The van der Waals surface area contributed by atoms with Gasteiger partial charge in [0.2, 0.25) is 5.89 Å². The number of fused-ring (bicyclic) bond motifs is 1. The van der Waals surface area contributed by atoms with Crippen molar-refractivity contribution in [2.75, 3.05) is 26.2 Å². The van der Waals surface area contributed by atoms with E-state index in [9.17, 15) is 9.18 Å². The first-order valence-corrected chi connectivity index (χ1v) is 13.5. The number of amides is 1. The van der Waals surface area contributed by atoms with Crippen molar-refractivity contribution in [1.29, 1.82) is 0 Å². The van der Waals surface area contributed by atoms with Crippen LogP contribution < -0.4 is 0 Å². The molecule has 9 nitrogen and oxygen atoms in total. The molecular weight excluding hydrogens is 475 g/mol. The number of carbonyl (C=O) groups is 1. The number of ether oxygens (including phenoxy) is 1. The molecule has 2 aromatic heterocycles. The zero-order chi connectivity index (χ0) is 25.7. The second-order valence-electron chi connectivity index (χ2n) is 11.6. The van der Waals surface area contributed by atoms with Crippen molar-refractivity contribution < 1.29 is 18.4 Å². The molecule has 1 aromatic carbocycles. The SMILES string of the molecule is CC(C)(C)OC(=O)N1CCC(N2CCC(c3nc(-n4nc(C5CC5)c5cccc(F)c54)no3)CC2)CC1. The lowest BCUT2D eigenvalue weighted by molar-refractivity contribution is 0.0124. The molecule has 198 valence electrons. The fourth-order valence-electron chi connectivity index (χ4n) is 5.68. The summed E-state index contributed by atoms with van der Waals surface area (Å²) in [6.45, 7) is 9.04. The molecule has 1 saturated carbocycles. The minimum absolute atomic E-state index is 0.175. The molecule has 0 atom stereocenters. The molecule has 0 unspecified atom stereocenters. The Hall–Kier alpha value is -3.01.